The molecular weight excluding hydrogens is 150 g/mol. The third-order valence-electron chi connectivity index (χ3n) is 2.41. The Hall–Kier alpha value is -0.860. The van der Waals surface area contributed by atoms with E-state index in [0.717, 1.165) is 19.4 Å². The fraction of sp³-hybridized carbons (Fsp3) is 0.400. The third kappa shape index (κ3) is 1.36. The van der Waals surface area contributed by atoms with Gasteiger partial charge in [0.25, 0.3) is 0 Å². The second-order valence-corrected chi connectivity index (χ2v) is 3.23. The fourth-order valence-electron chi connectivity index (χ4n) is 1.77. The van der Waals surface area contributed by atoms with Gasteiger partial charge in [-0.25, -0.2) is 0 Å². The molecule has 1 aromatic carbocycles. The number of rotatable bonds is 1. The monoisotopic (exact) mass is 163 g/mol. The molecule has 1 aliphatic heterocycles. The van der Waals surface area contributed by atoms with Crippen LogP contribution in [0.2, 0.25) is 0 Å². The van der Waals surface area contributed by atoms with Gasteiger partial charge in [-0.2, -0.15) is 5.06 Å². The smallest absolute Gasteiger partial charge is 0.0599 e. The zero-order valence-corrected chi connectivity index (χ0v) is 6.98. The van der Waals surface area contributed by atoms with Gasteiger partial charge in [-0.15, -0.1) is 0 Å². The molecule has 1 atom stereocenters. The topological polar surface area (TPSA) is 23.5 Å². The Kier molecular flexibility index (Phi) is 2.11. The molecule has 2 nitrogen and oxygen atoms in total. The van der Waals surface area contributed by atoms with Gasteiger partial charge in [-0.1, -0.05) is 30.3 Å². The predicted octanol–water partition coefficient (Wildman–Crippen LogP) is 2.21. The average Bonchev–Trinajstić information content (AvgIpc) is 2.53. The molecular formula is C10H13NO. The summed E-state index contributed by atoms with van der Waals surface area (Å²) < 4.78 is 0. The van der Waals surface area contributed by atoms with Crippen LogP contribution in [0.1, 0.15) is 24.4 Å². The Labute approximate surface area is 72.4 Å². The van der Waals surface area contributed by atoms with E-state index in [-0.39, 0.29) is 6.04 Å². The van der Waals surface area contributed by atoms with Crippen molar-refractivity contribution < 1.29 is 5.21 Å². The number of hydrogen-bond acceptors (Lipinski definition) is 2. The van der Waals surface area contributed by atoms with Gasteiger partial charge in [0.1, 0.15) is 0 Å². The number of nitrogens with zero attached hydrogens (tertiary/aromatic N) is 1. The van der Waals surface area contributed by atoms with Gasteiger partial charge in [0, 0.05) is 6.54 Å². The molecule has 0 aromatic heterocycles. The maximum atomic E-state index is 9.48. The van der Waals surface area contributed by atoms with E-state index >= 15 is 0 Å². The van der Waals surface area contributed by atoms with Crippen molar-refractivity contribution in [1.82, 2.24) is 5.06 Å². The summed E-state index contributed by atoms with van der Waals surface area (Å²) in [6.07, 6.45) is 2.16. The first kappa shape index (κ1) is 7.77. The van der Waals surface area contributed by atoms with Gasteiger partial charge < -0.3 is 5.21 Å². The molecule has 1 saturated heterocycles. The lowest BCUT2D eigenvalue weighted by Gasteiger charge is -2.17. The SMILES string of the molecule is ON1CCCC1c1ccccc1. The standard InChI is InChI=1S/C10H13NO/c12-11-8-4-7-10(11)9-5-2-1-3-6-9/h1-3,5-6,10,12H,4,7-8H2. The normalized spacial score (nSPS) is 24.6. The van der Waals surface area contributed by atoms with Crippen molar-refractivity contribution in [2.24, 2.45) is 0 Å². The lowest BCUT2D eigenvalue weighted by atomic mass is 10.1. The van der Waals surface area contributed by atoms with E-state index in [1.807, 2.05) is 18.2 Å². The van der Waals surface area contributed by atoms with Crippen LogP contribution in [0.5, 0.6) is 0 Å². The molecule has 1 aliphatic rings. The zero-order chi connectivity index (χ0) is 8.39. The van der Waals surface area contributed by atoms with E-state index in [2.05, 4.69) is 12.1 Å². The van der Waals surface area contributed by atoms with Gasteiger partial charge >= 0.3 is 0 Å². The van der Waals surface area contributed by atoms with E-state index in [1.54, 1.807) is 0 Å². The third-order valence-corrected chi connectivity index (χ3v) is 2.41. The molecule has 1 heterocycles. The quantitative estimate of drug-likeness (QED) is 0.686. The van der Waals surface area contributed by atoms with E-state index in [0.29, 0.717) is 0 Å². The Morgan fingerprint density at radius 2 is 2.00 bits per heavy atom. The molecule has 0 amide bonds. The van der Waals surface area contributed by atoms with Crippen LogP contribution < -0.4 is 0 Å². The summed E-state index contributed by atoms with van der Waals surface area (Å²) in [7, 11) is 0. The van der Waals surface area contributed by atoms with E-state index in [9.17, 15) is 5.21 Å². The molecule has 2 heteroatoms. The molecule has 2 rings (SSSR count). The van der Waals surface area contributed by atoms with Crippen LogP contribution >= 0.6 is 0 Å². The molecule has 0 saturated carbocycles. The molecule has 1 unspecified atom stereocenters. The van der Waals surface area contributed by atoms with Crippen LogP contribution in [-0.4, -0.2) is 16.8 Å². The van der Waals surface area contributed by atoms with Gasteiger partial charge in [-0.05, 0) is 18.4 Å². The minimum atomic E-state index is 0.228. The highest BCUT2D eigenvalue weighted by atomic mass is 16.5. The summed E-state index contributed by atoms with van der Waals surface area (Å²) in [5.41, 5.74) is 1.22. The maximum Gasteiger partial charge on any atom is 0.0599 e. The molecule has 0 aliphatic carbocycles. The fourth-order valence-corrected chi connectivity index (χ4v) is 1.77. The second-order valence-electron chi connectivity index (χ2n) is 3.23. The Balaban J connectivity index is 2.19. The Morgan fingerprint density at radius 1 is 1.25 bits per heavy atom. The summed E-state index contributed by atoms with van der Waals surface area (Å²) >= 11 is 0. The summed E-state index contributed by atoms with van der Waals surface area (Å²) in [5.74, 6) is 0. The zero-order valence-electron chi connectivity index (χ0n) is 6.98. The first-order valence-electron chi connectivity index (χ1n) is 4.38. The lowest BCUT2D eigenvalue weighted by molar-refractivity contribution is -0.104. The van der Waals surface area contributed by atoms with Crippen LogP contribution in [0.4, 0.5) is 0 Å². The number of hydrogen-bond donors (Lipinski definition) is 1. The van der Waals surface area contributed by atoms with Crippen LogP contribution in [0.25, 0.3) is 0 Å². The second kappa shape index (κ2) is 3.25. The summed E-state index contributed by atoms with van der Waals surface area (Å²) in [4.78, 5) is 0. The predicted molar refractivity (Wildman–Crippen MR) is 46.9 cm³/mol. The summed E-state index contributed by atoms with van der Waals surface area (Å²) in [6.45, 7) is 0.805. The van der Waals surface area contributed by atoms with Crippen molar-refractivity contribution in [3.8, 4) is 0 Å². The average molecular weight is 163 g/mol. The number of hydroxylamine groups is 2. The molecule has 0 radical (unpaired) electrons. The van der Waals surface area contributed by atoms with Crippen molar-refractivity contribution in [3.63, 3.8) is 0 Å². The van der Waals surface area contributed by atoms with Crippen molar-refractivity contribution in [2.75, 3.05) is 6.54 Å². The minimum Gasteiger partial charge on any atom is -0.313 e. The molecule has 1 N–H and O–H groups in total. The van der Waals surface area contributed by atoms with Crippen molar-refractivity contribution in [3.05, 3.63) is 35.9 Å². The van der Waals surface area contributed by atoms with Crippen molar-refractivity contribution >= 4 is 0 Å². The van der Waals surface area contributed by atoms with Crippen LogP contribution in [0, 0.1) is 0 Å². The minimum absolute atomic E-state index is 0.228. The van der Waals surface area contributed by atoms with Crippen LogP contribution in [0.15, 0.2) is 30.3 Å². The molecule has 64 valence electrons. The van der Waals surface area contributed by atoms with E-state index in [4.69, 9.17) is 0 Å². The van der Waals surface area contributed by atoms with Crippen molar-refractivity contribution in [2.45, 2.75) is 18.9 Å². The highest BCUT2D eigenvalue weighted by Gasteiger charge is 2.23. The van der Waals surface area contributed by atoms with Crippen LogP contribution in [0.3, 0.4) is 0 Å². The number of benzene rings is 1. The molecule has 1 fully saturated rings. The van der Waals surface area contributed by atoms with Gasteiger partial charge in [0.2, 0.25) is 0 Å². The van der Waals surface area contributed by atoms with E-state index in [1.165, 1.54) is 10.6 Å². The molecule has 12 heavy (non-hydrogen) atoms. The Bertz CT molecular complexity index is 247. The van der Waals surface area contributed by atoms with Gasteiger partial charge in [0.15, 0.2) is 0 Å². The summed E-state index contributed by atoms with van der Waals surface area (Å²) in [6, 6.07) is 10.4. The molecule has 0 spiro atoms. The van der Waals surface area contributed by atoms with E-state index < -0.39 is 0 Å². The first-order chi connectivity index (χ1) is 5.88. The Morgan fingerprint density at radius 3 is 2.58 bits per heavy atom. The molecule has 0 bridgehead atoms. The highest BCUT2D eigenvalue weighted by molar-refractivity contribution is 5.19. The largest absolute Gasteiger partial charge is 0.313 e. The highest BCUT2D eigenvalue weighted by Crippen LogP contribution is 2.29. The lowest BCUT2D eigenvalue weighted by Crippen LogP contribution is -2.18. The van der Waals surface area contributed by atoms with Crippen molar-refractivity contribution in [1.29, 1.82) is 0 Å². The maximum absolute atomic E-state index is 9.48. The van der Waals surface area contributed by atoms with Gasteiger partial charge in [0.05, 0.1) is 6.04 Å². The van der Waals surface area contributed by atoms with Crippen LogP contribution in [-0.2, 0) is 0 Å². The summed E-state index contributed by atoms with van der Waals surface area (Å²) in [5, 5.41) is 10.9. The molecule has 1 aromatic rings. The first-order valence-corrected chi connectivity index (χ1v) is 4.38. The van der Waals surface area contributed by atoms with Gasteiger partial charge in [-0.3, -0.25) is 0 Å².